The molecule has 12 heteroatoms. The van der Waals surface area contributed by atoms with E-state index in [4.69, 9.17) is 52.6 Å². The third kappa shape index (κ3) is 5.99. The maximum absolute atomic E-state index is 13.0. The van der Waals surface area contributed by atoms with Gasteiger partial charge in [-0.15, -0.1) is 0 Å². The molecule has 0 saturated carbocycles. The van der Waals surface area contributed by atoms with Gasteiger partial charge in [0, 0.05) is 13.7 Å². The van der Waals surface area contributed by atoms with Crippen LogP contribution in [0, 0.1) is 0 Å². The Kier molecular flexibility index (Phi) is 9.56. The Hall–Kier alpha value is -2.15. The summed E-state index contributed by atoms with van der Waals surface area (Å²) in [6.07, 6.45) is -6.91. The molecule has 0 aromatic heterocycles. The fraction of sp³-hybridized carbons (Fsp3) is 0.435. The molecule has 5 N–H and O–H groups in total. The topological polar surface area (TPSA) is 150 Å². The second-order valence-electron chi connectivity index (χ2n) is 7.71. The summed E-state index contributed by atoms with van der Waals surface area (Å²) < 4.78 is 27.0. The van der Waals surface area contributed by atoms with E-state index in [2.05, 4.69) is 0 Å². The number of carbonyl (C=O) groups excluding carboxylic acids is 1. The summed E-state index contributed by atoms with van der Waals surface area (Å²) in [6, 6.07) is 8.72. The first-order valence-corrected chi connectivity index (χ1v) is 11.3. The van der Waals surface area contributed by atoms with Gasteiger partial charge in [-0.1, -0.05) is 47.5 Å². The lowest BCUT2D eigenvalue weighted by Crippen LogP contribution is -2.60. The monoisotopic (exact) mass is 531 g/mol. The number of halogens is 2. The quantitative estimate of drug-likeness (QED) is 0.351. The maximum atomic E-state index is 13.0. The summed E-state index contributed by atoms with van der Waals surface area (Å²) in [7, 11) is 2.56. The first-order chi connectivity index (χ1) is 16.7. The average molecular weight is 532 g/mol. The summed E-state index contributed by atoms with van der Waals surface area (Å²) in [5, 5.41) is 29.8. The molecule has 0 aliphatic carbocycles. The molecular weight excluding hydrogens is 505 g/mol. The number of hydrogen-bond acceptors (Lipinski definition) is 10. The van der Waals surface area contributed by atoms with Crippen LogP contribution in [0.5, 0.6) is 11.5 Å². The lowest BCUT2D eigenvalue weighted by Gasteiger charge is -2.40. The molecule has 0 amide bonds. The summed E-state index contributed by atoms with van der Waals surface area (Å²) in [5.41, 5.74) is 7.28. The number of benzene rings is 2. The van der Waals surface area contributed by atoms with Crippen LogP contribution in [0.15, 0.2) is 30.3 Å². The van der Waals surface area contributed by atoms with Gasteiger partial charge in [-0.2, -0.15) is 0 Å². The molecule has 1 heterocycles. The van der Waals surface area contributed by atoms with Crippen molar-refractivity contribution in [1.82, 2.24) is 0 Å². The minimum atomic E-state index is -1.60. The van der Waals surface area contributed by atoms with Crippen LogP contribution in [0.1, 0.15) is 21.5 Å². The second kappa shape index (κ2) is 12.2. The van der Waals surface area contributed by atoms with Crippen LogP contribution in [-0.2, 0) is 27.4 Å². The number of ether oxygens (including phenoxy) is 5. The van der Waals surface area contributed by atoms with Crippen LogP contribution < -0.4 is 15.2 Å². The molecule has 0 radical (unpaired) electrons. The Morgan fingerprint density at radius 3 is 2.46 bits per heavy atom. The van der Waals surface area contributed by atoms with E-state index in [1.54, 1.807) is 0 Å². The number of hydrogen-bond donors (Lipinski definition) is 4. The predicted molar refractivity (Wildman–Crippen MR) is 126 cm³/mol. The molecule has 1 aliphatic heterocycles. The predicted octanol–water partition coefficient (Wildman–Crippen LogP) is 1.65. The number of aliphatic hydroxyl groups is 3. The Morgan fingerprint density at radius 1 is 1.11 bits per heavy atom. The Morgan fingerprint density at radius 2 is 1.83 bits per heavy atom. The van der Waals surface area contributed by atoms with E-state index in [0.717, 1.165) is 11.1 Å². The Labute approximate surface area is 212 Å². The minimum absolute atomic E-state index is 0.0156. The average Bonchev–Trinajstić information content (AvgIpc) is 2.86. The molecule has 0 bridgehead atoms. The van der Waals surface area contributed by atoms with Crippen molar-refractivity contribution in [3.63, 3.8) is 0 Å². The molecule has 192 valence electrons. The van der Waals surface area contributed by atoms with Gasteiger partial charge in [0.2, 0.25) is 0 Å². The van der Waals surface area contributed by atoms with Crippen LogP contribution >= 0.6 is 23.2 Å². The SMILES string of the molecule is COc1c(C(=O)O[C@H]2[C@@H](OC)O[C@H](CO)[C@@H](O)[C@@H]2O)cc(Cl)c(OCc2cccc(CN)c2)c1Cl. The van der Waals surface area contributed by atoms with Crippen LogP contribution in [-0.4, -0.2) is 72.8 Å². The normalized spacial score (nSPS) is 24.2. The van der Waals surface area contributed by atoms with Crippen molar-refractivity contribution in [3.05, 3.63) is 57.1 Å². The molecular formula is C23H27Cl2NO9. The standard InChI is InChI=1S/C23H27Cl2NO9/c1-31-19-13(22(30)35-21-18(29)17(28)15(9-27)34-23(21)32-2)7-14(24)20(16(19)25)33-10-12-5-3-4-11(6-12)8-26/h3-7,15,17-18,21,23,27-29H,8-10,26H2,1-2H3/t15-,17-,18+,21-,23+/m1/s1. The second-order valence-corrected chi connectivity index (χ2v) is 8.49. The van der Waals surface area contributed by atoms with Crippen molar-refractivity contribution in [2.45, 2.75) is 43.9 Å². The number of nitrogens with two attached hydrogens (primary N) is 1. The van der Waals surface area contributed by atoms with Gasteiger partial charge in [-0.05, 0) is 17.2 Å². The van der Waals surface area contributed by atoms with E-state index in [9.17, 15) is 20.1 Å². The summed E-state index contributed by atoms with van der Waals surface area (Å²) in [6.45, 7) is -0.0661. The van der Waals surface area contributed by atoms with E-state index >= 15 is 0 Å². The number of rotatable bonds is 9. The molecule has 1 aliphatic rings. The smallest absolute Gasteiger partial charge is 0.342 e. The number of carbonyl (C=O) groups is 1. The van der Waals surface area contributed by atoms with Gasteiger partial charge < -0.3 is 44.7 Å². The number of methoxy groups -OCH3 is 2. The third-order valence-electron chi connectivity index (χ3n) is 5.47. The Balaban J connectivity index is 1.83. The van der Waals surface area contributed by atoms with Crippen LogP contribution in [0.3, 0.4) is 0 Å². The molecule has 10 nitrogen and oxygen atoms in total. The first kappa shape index (κ1) is 27.4. The van der Waals surface area contributed by atoms with Crippen molar-refractivity contribution in [1.29, 1.82) is 0 Å². The molecule has 0 unspecified atom stereocenters. The molecule has 35 heavy (non-hydrogen) atoms. The fourth-order valence-corrected chi connectivity index (χ4v) is 4.27. The highest BCUT2D eigenvalue weighted by Gasteiger charge is 2.47. The highest BCUT2D eigenvalue weighted by atomic mass is 35.5. The van der Waals surface area contributed by atoms with Crippen molar-refractivity contribution < 1.29 is 43.8 Å². The van der Waals surface area contributed by atoms with Crippen LogP contribution in [0.2, 0.25) is 10.0 Å². The fourth-order valence-electron chi connectivity index (χ4n) is 3.63. The minimum Gasteiger partial charge on any atom is -0.494 e. The zero-order valence-corrected chi connectivity index (χ0v) is 20.5. The van der Waals surface area contributed by atoms with E-state index < -0.39 is 43.3 Å². The van der Waals surface area contributed by atoms with Crippen molar-refractivity contribution in [2.24, 2.45) is 5.73 Å². The first-order valence-electron chi connectivity index (χ1n) is 10.6. The van der Waals surface area contributed by atoms with Crippen molar-refractivity contribution in [2.75, 3.05) is 20.8 Å². The molecule has 1 fully saturated rings. The van der Waals surface area contributed by atoms with Gasteiger partial charge in [0.15, 0.2) is 23.9 Å². The largest absolute Gasteiger partial charge is 0.494 e. The van der Waals surface area contributed by atoms with Crippen LogP contribution in [0.25, 0.3) is 0 Å². The van der Waals surface area contributed by atoms with Crippen molar-refractivity contribution in [3.8, 4) is 11.5 Å². The van der Waals surface area contributed by atoms with E-state index in [1.165, 1.54) is 20.3 Å². The van der Waals surface area contributed by atoms with Gasteiger partial charge in [-0.25, -0.2) is 4.79 Å². The summed E-state index contributed by atoms with van der Waals surface area (Å²) in [4.78, 5) is 13.0. The third-order valence-corrected chi connectivity index (χ3v) is 6.09. The lowest BCUT2D eigenvalue weighted by molar-refractivity contribution is -0.293. The van der Waals surface area contributed by atoms with E-state index in [1.807, 2.05) is 24.3 Å². The van der Waals surface area contributed by atoms with E-state index in [-0.39, 0.29) is 33.7 Å². The molecule has 0 spiro atoms. The molecule has 3 rings (SSSR count). The number of esters is 1. The summed E-state index contributed by atoms with van der Waals surface area (Å²) >= 11 is 12.8. The molecule has 5 atom stereocenters. The lowest BCUT2D eigenvalue weighted by atomic mass is 9.99. The highest BCUT2D eigenvalue weighted by molar-refractivity contribution is 6.38. The maximum Gasteiger partial charge on any atom is 0.342 e. The van der Waals surface area contributed by atoms with E-state index in [0.29, 0.717) is 6.54 Å². The molecule has 2 aromatic rings. The zero-order valence-electron chi connectivity index (χ0n) is 19.0. The summed E-state index contributed by atoms with van der Waals surface area (Å²) in [5.74, 6) is -0.949. The zero-order chi connectivity index (χ0) is 25.7. The Bertz CT molecular complexity index is 1040. The van der Waals surface area contributed by atoms with Gasteiger partial charge in [0.1, 0.15) is 35.5 Å². The van der Waals surface area contributed by atoms with Gasteiger partial charge in [-0.3, -0.25) is 0 Å². The highest BCUT2D eigenvalue weighted by Crippen LogP contribution is 2.43. The van der Waals surface area contributed by atoms with Crippen molar-refractivity contribution >= 4 is 29.2 Å². The molecule has 1 saturated heterocycles. The molecule has 2 aromatic carbocycles. The van der Waals surface area contributed by atoms with Gasteiger partial charge >= 0.3 is 5.97 Å². The van der Waals surface area contributed by atoms with Crippen LogP contribution in [0.4, 0.5) is 0 Å². The van der Waals surface area contributed by atoms with Gasteiger partial charge in [0.25, 0.3) is 0 Å². The van der Waals surface area contributed by atoms with Gasteiger partial charge in [0.05, 0.1) is 18.7 Å². The number of aliphatic hydroxyl groups excluding tert-OH is 3.